The molecule has 1 aliphatic rings. The topological polar surface area (TPSA) is 67.0 Å². The van der Waals surface area contributed by atoms with Crippen molar-refractivity contribution in [3.05, 3.63) is 17.5 Å². The van der Waals surface area contributed by atoms with E-state index in [4.69, 9.17) is 4.74 Å². The van der Waals surface area contributed by atoms with Crippen LogP contribution < -0.4 is 5.32 Å². The lowest BCUT2D eigenvalue weighted by atomic mass is 9.96. The van der Waals surface area contributed by atoms with Crippen LogP contribution in [0.2, 0.25) is 0 Å². The van der Waals surface area contributed by atoms with Crippen molar-refractivity contribution in [1.82, 2.24) is 15.5 Å². The number of rotatable bonds is 1. The van der Waals surface area contributed by atoms with E-state index in [9.17, 15) is 4.79 Å². The molecule has 0 spiro atoms. The molecule has 2 rings (SSSR count). The second kappa shape index (κ2) is 3.90. The van der Waals surface area contributed by atoms with Crippen LogP contribution in [-0.2, 0) is 16.1 Å². The van der Waals surface area contributed by atoms with Gasteiger partial charge >= 0.3 is 5.97 Å². The van der Waals surface area contributed by atoms with Crippen molar-refractivity contribution in [3.63, 3.8) is 0 Å². The highest BCUT2D eigenvalue weighted by Gasteiger charge is 2.31. The van der Waals surface area contributed by atoms with Crippen molar-refractivity contribution < 1.29 is 9.53 Å². The maximum absolute atomic E-state index is 12.0. The average molecular weight is 223 g/mol. The summed E-state index contributed by atoms with van der Waals surface area (Å²) in [5, 5.41) is 10.0. The fourth-order valence-electron chi connectivity index (χ4n) is 1.80. The Morgan fingerprint density at radius 3 is 3.00 bits per heavy atom. The van der Waals surface area contributed by atoms with Crippen LogP contribution in [0.1, 0.15) is 37.9 Å². The van der Waals surface area contributed by atoms with Crippen LogP contribution in [0.3, 0.4) is 0 Å². The molecule has 0 radical (unpaired) electrons. The lowest BCUT2D eigenvalue weighted by molar-refractivity contribution is -0.156. The molecule has 0 fully saturated rings. The van der Waals surface area contributed by atoms with E-state index in [1.54, 1.807) is 6.20 Å². The Kier molecular flexibility index (Phi) is 2.71. The van der Waals surface area contributed by atoms with Crippen molar-refractivity contribution in [3.8, 4) is 0 Å². The number of aromatic nitrogens is 2. The number of esters is 1. The molecular weight excluding hydrogens is 206 g/mol. The summed E-state index contributed by atoms with van der Waals surface area (Å²) in [6.07, 6.45) is 1.71. The summed E-state index contributed by atoms with van der Waals surface area (Å²) in [6, 6.07) is 0. The molecule has 5 nitrogen and oxygen atoms in total. The number of carbonyl (C=O) groups is 1. The minimum Gasteiger partial charge on any atom is -0.459 e. The predicted molar refractivity (Wildman–Crippen MR) is 58.9 cm³/mol. The Morgan fingerprint density at radius 1 is 1.56 bits per heavy atom. The maximum atomic E-state index is 12.0. The smallest absolute Gasteiger partial charge is 0.315 e. The second-order valence-electron chi connectivity index (χ2n) is 5.02. The molecule has 5 heteroatoms. The molecular formula is C11H17N3O2. The lowest BCUT2D eigenvalue weighted by Gasteiger charge is -2.26. The van der Waals surface area contributed by atoms with Crippen LogP contribution in [-0.4, -0.2) is 28.3 Å². The summed E-state index contributed by atoms with van der Waals surface area (Å²) >= 11 is 0. The minimum absolute atomic E-state index is 0.192. The molecule has 0 saturated carbocycles. The number of fused-ring (bicyclic) bond motifs is 1. The molecule has 1 unspecified atom stereocenters. The first-order chi connectivity index (χ1) is 7.47. The third-order valence-electron chi connectivity index (χ3n) is 2.47. The van der Waals surface area contributed by atoms with Gasteiger partial charge in [-0.15, -0.1) is 0 Å². The van der Waals surface area contributed by atoms with Gasteiger partial charge in [-0.1, -0.05) is 0 Å². The standard InChI is InChI=1S/C11H17N3O2/c1-11(2,3)16-10(15)8-4-12-6-9-7(8)5-13-14-9/h5,8,12H,4,6H2,1-3H3,(H,13,14). The highest BCUT2D eigenvalue weighted by molar-refractivity contribution is 5.79. The zero-order valence-corrected chi connectivity index (χ0v) is 9.83. The van der Waals surface area contributed by atoms with Gasteiger partial charge in [0.2, 0.25) is 0 Å². The van der Waals surface area contributed by atoms with Gasteiger partial charge in [-0.05, 0) is 20.8 Å². The average Bonchev–Trinajstić information content (AvgIpc) is 2.61. The molecule has 0 aromatic carbocycles. The molecule has 0 amide bonds. The number of ether oxygens (including phenoxy) is 1. The summed E-state index contributed by atoms with van der Waals surface area (Å²) in [7, 11) is 0. The molecule has 16 heavy (non-hydrogen) atoms. The summed E-state index contributed by atoms with van der Waals surface area (Å²) in [5.74, 6) is -0.441. The number of hydrogen-bond donors (Lipinski definition) is 2. The Morgan fingerprint density at radius 2 is 2.31 bits per heavy atom. The number of H-pyrrole nitrogens is 1. The summed E-state index contributed by atoms with van der Waals surface area (Å²) in [5.41, 5.74) is 1.48. The van der Waals surface area contributed by atoms with E-state index in [-0.39, 0.29) is 11.9 Å². The molecule has 0 bridgehead atoms. The molecule has 2 N–H and O–H groups in total. The monoisotopic (exact) mass is 223 g/mol. The quantitative estimate of drug-likeness (QED) is 0.695. The summed E-state index contributed by atoms with van der Waals surface area (Å²) in [6.45, 7) is 6.96. The predicted octanol–water partition coefficient (Wildman–Crippen LogP) is 0.938. The van der Waals surface area contributed by atoms with E-state index in [1.165, 1.54) is 0 Å². The highest BCUT2D eigenvalue weighted by atomic mass is 16.6. The highest BCUT2D eigenvalue weighted by Crippen LogP contribution is 2.25. The van der Waals surface area contributed by atoms with Gasteiger partial charge in [0.15, 0.2) is 0 Å². The number of aromatic amines is 1. The van der Waals surface area contributed by atoms with Gasteiger partial charge in [0.25, 0.3) is 0 Å². The SMILES string of the molecule is CC(C)(C)OC(=O)C1CNCc2[nH]ncc21. The summed E-state index contributed by atoms with van der Waals surface area (Å²) in [4.78, 5) is 12.0. The Balaban J connectivity index is 2.15. The van der Waals surface area contributed by atoms with Gasteiger partial charge in [0, 0.05) is 18.7 Å². The van der Waals surface area contributed by atoms with E-state index < -0.39 is 5.60 Å². The van der Waals surface area contributed by atoms with Gasteiger partial charge in [0.05, 0.1) is 17.8 Å². The molecule has 2 heterocycles. The Hall–Kier alpha value is -1.36. The summed E-state index contributed by atoms with van der Waals surface area (Å²) < 4.78 is 5.38. The van der Waals surface area contributed by atoms with Crippen LogP contribution in [0.25, 0.3) is 0 Å². The fourth-order valence-corrected chi connectivity index (χ4v) is 1.80. The molecule has 1 aliphatic heterocycles. The molecule has 88 valence electrons. The van der Waals surface area contributed by atoms with E-state index in [0.717, 1.165) is 17.8 Å². The number of nitrogens with one attached hydrogen (secondary N) is 2. The Bertz CT molecular complexity index is 392. The van der Waals surface area contributed by atoms with Crippen LogP contribution in [0, 0.1) is 0 Å². The van der Waals surface area contributed by atoms with Gasteiger partial charge in [-0.25, -0.2) is 0 Å². The van der Waals surface area contributed by atoms with Crippen molar-refractivity contribution in [2.75, 3.05) is 6.54 Å². The minimum atomic E-state index is -0.446. The van der Waals surface area contributed by atoms with Gasteiger partial charge in [0.1, 0.15) is 5.60 Å². The first-order valence-electron chi connectivity index (χ1n) is 5.43. The normalized spacial score (nSPS) is 20.3. The van der Waals surface area contributed by atoms with Gasteiger partial charge in [-0.2, -0.15) is 5.10 Å². The molecule has 0 saturated heterocycles. The molecule has 1 aromatic heterocycles. The van der Waals surface area contributed by atoms with Crippen molar-refractivity contribution in [1.29, 1.82) is 0 Å². The third-order valence-corrected chi connectivity index (χ3v) is 2.47. The second-order valence-corrected chi connectivity index (χ2v) is 5.02. The first kappa shape index (κ1) is 11.1. The number of nitrogens with zero attached hydrogens (tertiary/aromatic N) is 1. The largest absolute Gasteiger partial charge is 0.459 e. The van der Waals surface area contributed by atoms with Gasteiger partial charge in [-0.3, -0.25) is 9.89 Å². The number of hydrogen-bond acceptors (Lipinski definition) is 4. The van der Waals surface area contributed by atoms with E-state index in [1.807, 2.05) is 20.8 Å². The molecule has 1 aromatic rings. The zero-order chi connectivity index (χ0) is 11.8. The van der Waals surface area contributed by atoms with E-state index >= 15 is 0 Å². The fraction of sp³-hybridized carbons (Fsp3) is 0.636. The van der Waals surface area contributed by atoms with Crippen LogP contribution in [0.5, 0.6) is 0 Å². The number of carbonyl (C=O) groups excluding carboxylic acids is 1. The van der Waals surface area contributed by atoms with E-state index in [2.05, 4.69) is 15.5 Å². The van der Waals surface area contributed by atoms with Crippen molar-refractivity contribution >= 4 is 5.97 Å². The van der Waals surface area contributed by atoms with Gasteiger partial charge < -0.3 is 10.1 Å². The lowest BCUT2D eigenvalue weighted by Crippen LogP contribution is -2.36. The molecule has 1 atom stereocenters. The van der Waals surface area contributed by atoms with Crippen molar-refractivity contribution in [2.24, 2.45) is 0 Å². The third kappa shape index (κ3) is 2.24. The Labute approximate surface area is 94.6 Å². The zero-order valence-electron chi connectivity index (χ0n) is 9.83. The van der Waals surface area contributed by atoms with Crippen molar-refractivity contribution in [2.45, 2.75) is 38.8 Å². The maximum Gasteiger partial charge on any atom is 0.315 e. The van der Waals surface area contributed by atoms with Crippen LogP contribution in [0.4, 0.5) is 0 Å². The van der Waals surface area contributed by atoms with Crippen LogP contribution in [0.15, 0.2) is 6.20 Å². The molecule has 0 aliphatic carbocycles. The first-order valence-corrected chi connectivity index (χ1v) is 5.43. The van der Waals surface area contributed by atoms with E-state index in [0.29, 0.717) is 6.54 Å². The van der Waals surface area contributed by atoms with Crippen LogP contribution >= 0.6 is 0 Å².